The summed E-state index contributed by atoms with van der Waals surface area (Å²) in [6, 6.07) is 8.48. The average Bonchev–Trinajstić information content (AvgIpc) is 2.60. The molecule has 23 heavy (non-hydrogen) atoms. The maximum Gasteiger partial charge on any atom is 0.338 e. The van der Waals surface area contributed by atoms with Gasteiger partial charge in [0.05, 0.1) is 18.2 Å². The highest BCUT2D eigenvalue weighted by Gasteiger charge is 2.33. The summed E-state index contributed by atoms with van der Waals surface area (Å²) in [5.74, 6) is -1.08. The Bertz CT molecular complexity index is 598. The van der Waals surface area contributed by atoms with Crippen LogP contribution in [0.5, 0.6) is 0 Å². The summed E-state index contributed by atoms with van der Waals surface area (Å²) in [5.41, 5.74) is 0.167. The minimum absolute atomic E-state index is 0.103. The van der Waals surface area contributed by atoms with E-state index in [-0.39, 0.29) is 6.61 Å². The molecule has 2 rings (SSSR count). The number of carbonyl (C=O) groups is 2. The van der Waals surface area contributed by atoms with Crippen LogP contribution in [0.1, 0.15) is 48.0 Å². The van der Waals surface area contributed by atoms with Crippen molar-refractivity contribution in [3.63, 3.8) is 0 Å². The Hall–Kier alpha value is -2.39. The topological polar surface area (TPSA) is 99.4 Å². The normalized spacial score (nSPS) is 16.2. The minimum atomic E-state index is -0.829. The highest BCUT2D eigenvalue weighted by molar-refractivity contribution is 5.91. The van der Waals surface area contributed by atoms with E-state index < -0.39 is 24.0 Å². The van der Waals surface area contributed by atoms with Crippen molar-refractivity contribution in [2.45, 2.75) is 44.2 Å². The number of aliphatic hydroxyl groups is 1. The molecule has 6 heteroatoms. The van der Waals surface area contributed by atoms with Crippen molar-refractivity contribution in [2.75, 3.05) is 6.61 Å². The molecule has 1 aliphatic carbocycles. The molecule has 0 saturated heterocycles. The fourth-order valence-corrected chi connectivity index (χ4v) is 2.68. The highest BCUT2D eigenvalue weighted by atomic mass is 16.5. The van der Waals surface area contributed by atoms with Gasteiger partial charge in [0.2, 0.25) is 0 Å². The van der Waals surface area contributed by atoms with E-state index in [1.807, 2.05) is 0 Å². The highest BCUT2D eigenvalue weighted by Crippen LogP contribution is 2.27. The second-order valence-corrected chi connectivity index (χ2v) is 5.73. The summed E-state index contributed by atoms with van der Waals surface area (Å²) in [4.78, 5) is 23.8. The lowest BCUT2D eigenvalue weighted by Crippen LogP contribution is -2.50. The number of rotatable bonds is 5. The predicted octanol–water partition coefficient (Wildman–Crippen LogP) is 1.68. The van der Waals surface area contributed by atoms with E-state index in [0.29, 0.717) is 24.0 Å². The van der Waals surface area contributed by atoms with Gasteiger partial charge in [0.25, 0.3) is 5.91 Å². The van der Waals surface area contributed by atoms with Crippen LogP contribution < -0.4 is 5.32 Å². The number of esters is 1. The summed E-state index contributed by atoms with van der Waals surface area (Å²) in [5, 5.41) is 21.0. The largest absolute Gasteiger partial charge is 0.452 e. The standard InChI is InChI=1S/C17H20N2O4/c18-12-17(8-2-1-3-9-17)19-15(21)11-23-16(22)14-6-4-13(10-20)5-7-14/h4-7,20H,1-3,8-11H2,(H,19,21). The number of nitriles is 1. The first-order valence-electron chi connectivity index (χ1n) is 7.68. The van der Waals surface area contributed by atoms with Crippen molar-refractivity contribution in [2.24, 2.45) is 0 Å². The van der Waals surface area contributed by atoms with Crippen LogP contribution in [0.2, 0.25) is 0 Å². The molecule has 1 fully saturated rings. The Kier molecular flexibility index (Phi) is 5.72. The Labute approximate surface area is 135 Å². The van der Waals surface area contributed by atoms with Gasteiger partial charge in [-0.2, -0.15) is 5.26 Å². The van der Waals surface area contributed by atoms with Crippen molar-refractivity contribution in [1.29, 1.82) is 5.26 Å². The summed E-state index contributed by atoms with van der Waals surface area (Å²) < 4.78 is 4.97. The fraction of sp³-hybridized carbons (Fsp3) is 0.471. The van der Waals surface area contributed by atoms with Crippen LogP contribution in [0.15, 0.2) is 24.3 Å². The molecule has 1 saturated carbocycles. The molecule has 2 N–H and O–H groups in total. The van der Waals surface area contributed by atoms with Crippen LogP contribution in [0.25, 0.3) is 0 Å². The molecule has 6 nitrogen and oxygen atoms in total. The summed E-state index contributed by atoms with van der Waals surface area (Å²) in [6.45, 7) is -0.516. The number of hydrogen-bond acceptors (Lipinski definition) is 5. The lowest BCUT2D eigenvalue weighted by atomic mass is 9.83. The van der Waals surface area contributed by atoms with E-state index in [9.17, 15) is 14.9 Å². The van der Waals surface area contributed by atoms with Gasteiger partial charge < -0.3 is 15.2 Å². The van der Waals surface area contributed by atoms with Crippen LogP contribution >= 0.6 is 0 Å². The van der Waals surface area contributed by atoms with Gasteiger partial charge in [0.15, 0.2) is 6.61 Å². The number of aliphatic hydroxyl groups excluding tert-OH is 1. The van der Waals surface area contributed by atoms with Gasteiger partial charge in [-0.1, -0.05) is 31.4 Å². The quantitative estimate of drug-likeness (QED) is 0.805. The van der Waals surface area contributed by atoms with E-state index in [4.69, 9.17) is 9.84 Å². The third-order valence-corrected chi connectivity index (χ3v) is 4.01. The van der Waals surface area contributed by atoms with Gasteiger partial charge >= 0.3 is 5.97 Å². The second-order valence-electron chi connectivity index (χ2n) is 5.73. The zero-order valence-electron chi connectivity index (χ0n) is 12.9. The van der Waals surface area contributed by atoms with E-state index >= 15 is 0 Å². The van der Waals surface area contributed by atoms with Gasteiger partial charge in [-0.05, 0) is 30.5 Å². The van der Waals surface area contributed by atoms with Crippen LogP contribution in [0.4, 0.5) is 0 Å². The Morgan fingerprint density at radius 1 is 1.22 bits per heavy atom. The smallest absolute Gasteiger partial charge is 0.338 e. The molecule has 1 aliphatic rings. The Balaban J connectivity index is 1.85. The third-order valence-electron chi connectivity index (χ3n) is 4.01. The van der Waals surface area contributed by atoms with Crippen LogP contribution in [0.3, 0.4) is 0 Å². The first-order chi connectivity index (χ1) is 11.1. The number of benzene rings is 1. The van der Waals surface area contributed by atoms with Gasteiger partial charge in [0, 0.05) is 0 Å². The van der Waals surface area contributed by atoms with E-state index in [2.05, 4.69) is 11.4 Å². The summed E-state index contributed by atoms with van der Waals surface area (Å²) in [7, 11) is 0. The predicted molar refractivity (Wildman–Crippen MR) is 82.2 cm³/mol. The zero-order chi connectivity index (χ0) is 16.7. The molecule has 0 atom stereocenters. The van der Waals surface area contributed by atoms with Gasteiger partial charge in [0.1, 0.15) is 5.54 Å². The van der Waals surface area contributed by atoms with E-state index in [1.54, 1.807) is 12.1 Å². The first kappa shape index (κ1) is 17.0. The fourth-order valence-electron chi connectivity index (χ4n) is 2.68. The molecule has 0 unspecified atom stereocenters. The van der Waals surface area contributed by atoms with Crippen LogP contribution in [-0.2, 0) is 16.1 Å². The molecule has 1 aromatic carbocycles. The van der Waals surface area contributed by atoms with Gasteiger partial charge in [-0.25, -0.2) is 4.79 Å². The molecule has 1 amide bonds. The lowest BCUT2D eigenvalue weighted by Gasteiger charge is -2.31. The molecule has 0 aliphatic heterocycles. The number of nitrogens with zero attached hydrogens (tertiary/aromatic N) is 1. The minimum Gasteiger partial charge on any atom is -0.452 e. The molecule has 1 aromatic rings. The number of ether oxygens (including phenoxy) is 1. The molecule has 0 aromatic heterocycles. The maximum atomic E-state index is 11.9. The van der Waals surface area contributed by atoms with Crippen molar-refractivity contribution >= 4 is 11.9 Å². The van der Waals surface area contributed by atoms with Crippen molar-refractivity contribution in [1.82, 2.24) is 5.32 Å². The van der Waals surface area contributed by atoms with Crippen LogP contribution in [-0.4, -0.2) is 29.1 Å². The average molecular weight is 316 g/mol. The number of nitrogens with one attached hydrogen (secondary N) is 1. The van der Waals surface area contributed by atoms with Gasteiger partial charge in [-0.15, -0.1) is 0 Å². The van der Waals surface area contributed by atoms with Crippen LogP contribution in [0, 0.1) is 11.3 Å². The van der Waals surface area contributed by atoms with Crippen molar-refractivity contribution in [3.05, 3.63) is 35.4 Å². The molecule has 0 bridgehead atoms. The first-order valence-corrected chi connectivity index (χ1v) is 7.68. The lowest BCUT2D eigenvalue weighted by molar-refractivity contribution is -0.125. The van der Waals surface area contributed by atoms with Crippen molar-refractivity contribution in [3.8, 4) is 6.07 Å². The molecule has 122 valence electrons. The SMILES string of the molecule is N#CC1(NC(=O)COC(=O)c2ccc(CO)cc2)CCCCC1. The molecule has 0 radical (unpaired) electrons. The Morgan fingerprint density at radius 3 is 2.43 bits per heavy atom. The maximum absolute atomic E-state index is 11.9. The molecular formula is C17H20N2O4. The number of hydrogen-bond donors (Lipinski definition) is 2. The third kappa shape index (κ3) is 4.54. The second kappa shape index (κ2) is 7.75. The number of carbonyl (C=O) groups excluding carboxylic acids is 2. The van der Waals surface area contributed by atoms with E-state index in [0.717, 1.165) is 19.3 Å². The number of amides is 1. The van der Waals surface area contributed by atoms with Crippen molar-refractivity contribution < 1.29 is 19.4 Å². The summed E-state index contributed by atoms with van der Waals surface area (Å²) in [6.07, 6.45) is 4.14. The summed E-state index contributed by atoms with van der Waals surface area (Å²) >= 11 is 0. The van der Waals surface area contributed by atoms with E-state index in [1.165, 1.54) is 12.1 Å². The molecule has 0 spiro atoms. The van der Waals surface area contributed by atoms with Gasteiger partial charge in [-0.3, -0.25) is 4.79 Å². The molecule has 0 heterocycles. The Morgan fingerprint density at radius 2 is 1.87 bits per heavy atom. The molecular weight excluding hydrogens is 296 g/mol. The zero-order valence-corrected chi connectivity index (χ0v) is 12.9. The monoisotopic (exact) mass is 316 g/mol.